The van der Waals surface area contributed by atoms with Crippen LogP contribution in [-0.4, -0.2) is 31.9 Å². The van der Waals surface area contributed by atoms with Gasteiger partial charge in [-0.2, -0.15) is 4.31 Å². The van der Waals surface area contributed by atoms with Crippen molar-refractivity contribution >= 4 is 48.9 Å². The quantitative estimate of drug-likeness (QED) is 0.797. The van der Waals surface area contributed by atoms with Crippen molar-refractivity contribution < 1.29 is 8.42 Å². The first kappa shape index (κ1) is 17.7. The SMILES string of the molecule is CCN(C1CCCCC1CN)S(=O)(=O)c1cc(Cl)c(Br)s1. The molecule has 0 bridgehead atoms. The smallest absolute Gasteiger partial charge is 0.252 e. The molecule has 1 aromatic heterocycles. The molecule has 1 heterocycles. The Morgan fingerprint density at radius 3 is 2.67 bits per heavy atom. The zero-order chi connectivity index (χ0) is 15.6. The first-order chi connectivity index (χ1) is 9.91. The maximum absolute atomic E-state index is 12.9. The van der Waals surface area contributed by atoms with Crippen LogP contribution in [0, 0.1) is 5.92 Å². The molecule has 1 aromatic rings. The van der Waals surface area contributed by atoms with Crippen LogP contribution in [-0.2, 0) is 10.0 Å². The van der Waals surface area contributed by atoms with Crippen molar-refractivity contribution in [2.24, 2.45) is 11.7 Å². The van der Waals surface area contributed by atoms with Gasteiger partial charge in [0.2, 0.25) is 0 Å². The van der Waals surface area contributed by atoms with E-state index >= 15 is 0 Å². The second-order valence-corrected chi connectivity index (χ2v) is 10.1. The minimum Gasteiger partial charge on any atom is -0.330 e. The summed E-state index contributed by atoms with van der Waals surface area (Å²) in [6, 6.07) is 1.52. The Kier molecular flexibility index (Phi) is 6.13. The third-order valence-corrected chi connectivity index (χ3v) is 8.96. The predicted molar refractivity (Wildman–Crippen MR) is 91.4 cm³/mol. The van der Waals surface area contributed by atoms with E-state index < -0.39 is 10.0 Å². The van der Waals surface area contributed by atoms with Crippen LogP contribution in [0.15, 0.2) is 14.1 Å². The summed E-state index contributed by atoms with van der Waals surface area (Å²) in [7, 11) is -3.51. The van der Waals surface area contributed by atoms with Gasteiger partial charge in [0.1, 0.15) is 4.21 Å². The van der Waals surface area contributed by atoms with Crippen molar-refractivity contribution in [3.8, 4) is 0 Å². The van der Waals surface area contributed by atoms with Gasteiger partial charge < -0.3 is 5.73 Å². The zero-order valence-electron chi connectivity index (χ0n) is 11.9. The topological polar surface area (TPSA) is 63.4 Å². The van der Waals surface area contributed by atoms with E-state index in [9.17, 15) is 8.42 Å². The molecule has 0 amide bonds. The van der Waals surface area contributed by atoms with E-state index in [1.165, 1.54) is 6.07 Å². The molecule has 8 heteroatoms. The van der Waals surface area contributed by atoms with Crippen LogP contribution in [0.1, 0.15) is 32.6 Å². The fourth-order valence-electron chi connectivity index (χ4n) is 2.99. The Morgan fingerprint density at radius 1 is 1.48 bits per heavy atom. The van der Waals surface area contributed by atoms with Gasteiger partial charge >= 0.3 is 0 Å². The van der Waals surface area contributed by atoms with Gasteiger partial charge in [0.15, 0.2) is 0 Å². The van der Waals surface area contributed by atoms with Gasteiger partial charge in [0, 0.05) is 12.6 Å². The van der Waals surface area contributed by atoms with Gasteiger partial charge in [0.25, 0.3) is 10.0 Å². The molecule has 4 nitrogen and oxygen atoms in total. The number of hydrogen-bond acceptors (Lipinski definition) is 4. The van der Waals surface area contributed by atoms with Gasteiger partial charge in [0.05, 0.1) is 8.81 Å². The molecule has 2 N–H and O–H groups in total. The maximum atomic E-state index is 12.9. The molecule has 120 valence electrons. The van der Waals surface area contributed by atoms with Gasteiger partial charge in [-0.05, 0) is 47.3 Å². The fraction of sp³-hybridized carbons (Fsp3) is 0.692. The highest BCUT2D eigenvalue weighted by Gasteiger charge is 2.37. The second kappa shape index (κ2) is 7.27. The van der Waals surface area contributed by atoms with Gasteiger partial charge in [-0.3, -0.25) is 0 Å². The van der Waals surface area contributed by atoms with E-state index in [2.05, 4.69) is 15.9 Å². The summed E-state index contributed by atoms with van der Waals surface area (Å²) in [6.45, 7) is 2.87. The standard InChI is InChI=1S/C13H20BrClN2O2S2/c1-2-17(11-6-4-3-5-9(11)8-16)21(18,19)12-7-10(15)13(14)20-12/h7,9,11H,2-6,8,16H2,1H3. The van der Waals surface area contributed by atoms with E-state index in [0.717, 1.165) is 37.0 Å². The number of nitrogens with zero attached hydrogens (tertiary/aromatic N) is 1. The lowest BCUT2D eigenvalue weighted by atomic mass is 9.84. The molecule has 21 heavy (non-hydrogen) atoms. The van der Waals surface area contributed by atoms with Crippen LogP contribution in [0.3, 0.4) is 0 Å². The third-order valence-electron chi connectivity index (χ3n) is 4.04. The molecule has 1 fully saturated rings. The van der Waals surface area contributed by atoms with Crippen molar-refractivity contribution in [1.29, 1.82) is 0 Å². The van der Waals surface area contributed by atoms with Crippen LogP contribution in [0.2, 0.25) is 5.02 Å². The molecule has 0 spiro atoms. The van der Waals surface area contributed by atoms with Crippen LogP contribution in [0.5, 0.6) is 0 Å². The molecule has 0 aromatic carbocycles. The lowest BCUT2D eigenvalue weighted by molar-refractivity contribution is 0.188. The van der Waals surface area contributed by atoms with E-state index in [1.807, 2.05) is 6.92 Å². The molecule has 1 aliphatic carbocycles. The van der Waals surface area contributed by atoms with Crippen LogP contribution in [0.25, 0.3) is 0 Å². The first-order valence-corrected chi connectivity index (χ1v) is 10.5. The molecular weight excluding hydrogens is 396 g/mol. The summed E-state index contributed by atoms with van der Waals surface area (Å²) in [6.07, 6.45) is 4.08. The number of nitrogens with two attached hydrogens (primary N) is 1. The maximum Gasteiger partial charge on any atom is 0.252 e. The minimum atomic E-state index is -3.51. The molecule has 2 rings (SSSR count). The summed E-state index contributed by atoms with van der Waals surface area (Å²) < 4.78 is 28.4. The van der Waals surface area contributed by atoms with Crippen molar-refractivity contribution in [2.75, 3.05) is 13.1 Å². The van der Waals surface area contributed by atoms with E-state index in [0.29, 0.717) is 26.1 Å². The van der Waals surface area contributed by atoms with Gasteiger partial charge in [-0.25, -0.2) is 8.42 Å². The normalized spacial score (nSPS) is 23.7. The van der Waals surface area contributed by atoms with Crippen LogP contribution >= 0.6 is 38.9 Å². The van der Waals surface area contributed by atoms with Crippen LogP contribution in [0.4, 0.5) is 0 Å². The summed E-state index contributed by atoms with van der Waals surface area (Å²) in [5, 5.41) is 0.439. The Bertz CT molecular complexity index is 571. The highest BCUT2D eigenvalue weighted by Crippen LogP contribution is 2.38. The molecule has 2 unspecified atom stereocenters. The number of thiophene rings is 1. The Hall–Kier alpha value is 0.340. The Labute approximate surface area is 143 Å². The van der Waals surface area contributed by atoms with Gasteiger partial charge in [-0.15, -0.1) is 11.3 Å². The summed E-state index contributed by atoms with van der Waals surface area (Å²) >= 11 is 10.4. The third kappa shape index (κ3) is 3.64. The van der Waals surface area contributed by atoms with Crippen molar-refractivity contribution in [1.82, 2.24) is 4.31 Å². The molecule has 0 saturated heterocycles. The molecule has 0 radical (unpaired) electrons. The number of rotatable bonds is 5. The van der Waals surface area contributed by atoms with Gasteiger partial charge in [-0.1, -0.05) is 31.4 Å². The molecule has 2 atom stereocenters. The van der Waals surface area contributed by atoms with Crippen LogP contribution < -0.4 is 5.73 Å². The molecule has 1 aliphatic rings. The average molecular weight is 416 g/mol. The number of sulfonamides is 1. The zero-order valence-corrected chi connectivity index (χ0v) is 15.9. The first-order valence-electron chi connectivity index (χ1n) is 7.08. The summed E-state index contributed by atoms with van der Waals surface area (Å²) in [4.78, 5) is 0. The average Bonchev–Trinajstić information content (AvgIpc) is 2.80. The Morgan fingerprint density at radius 2 is 2.14 bits per heavy atom. The highest BCUT2D eigenvalue weighted by molar-refractivity contribution is 9.11. The lowest BCUT2D eigenvalue weighted by Crippen LogP contribution is -2.47. The van der Waals surface area contributed by atoms with E-state index in [4.69, 9.17) is 17.3 Å². The minimum absolute atomic E-state index is 0.00148. The Balaban J connectivity index is 2.34. The largest absolute Gasteiger partial charge is 0.330 e. The molecule has 1 saturated carbocycles. The molecule has 0 aliphatic heterocycles. The second-order valence-electron chi connectivity index (χ2n) is 5.24. The summed E-state index contributed by atoms with van der Waals surface area (Å²) in [5.74, 6) is 0.243. The fourth-order valence-corrected chi connectivity index (χ4v) is 7.25. The molecular formula is C13H20BrClN2O2S2. The van der Waals surface area contributed by atoms with E-state index in [1.54, 1.807) is 4.31 Å². The number of halogens is 2. The van der Waals surface area contributed by atoms with E-state index in [-0.39, 0.29) is 12.0 Å². The van der Waals surface area contributed by atoms with Crippen molar-refractivity contribution in [3.05, 3.63) is 14.9 Å². The summed E-state index contributed by atoms with van der Waals surface area (Å²) in [5.41, 5.74) is 5.85. The predicted octanol–water partition coefficient (Wildman–Crippen LogP) is 3.69. The lowest BCUT2D eigenvalue weighted by Gasteiger charge is -2.38. The number of hydrogen-bond donors (Lipinski definition) is 1. The monoisotopic (exact) mass is 414 g/mol. The van der Waals surface area contributed by atoms with Crippen molar-refractivity contribution in [2.45, 2.75) is 42.9 Å². The van der Waals surface area contributed by atoms with Crippen molar-refractivity contribution in [3.63, 3.8) is 0 Å². The highest BCUT2D eigenvalue weighted by atomic mass is 79.9.